The van der Waals surface area contributed by atoms with Gasteiger partial charge in [0.1, 0.15) is 5.60 Å². The first-order valence-corrected chi connectivity index (χ1v) is 15.9. The van der Waals surface area contributed by atoms with Gasteiger partial charge in [0.2, 0.25) is 5.95 Å². The summed E-state index contributed by atoms with van der Waals surface area (Å²) >= 11 is 0. The van der Waals surface area contributed by atoms with E-state index in [4.69, 9.17) is 14.2 Å². The number of ether oxygens (including phenoxy) is 3. The fraction of sp³-hybridized carbons (Fsp3) is 0.417. The fourth-order valence-electron chi connectivity index (χ4n) is 5.65. The van der Waals surface area contributed by atoms with Crippen molar-refractivity contribution in [2.24, 2.45) is 0 Å². The number of aliphatic carboxylic acids is 1. The molecule has 270 valence electrons. The van der Waals surface area contributed by atoms with Crippen molar-refractivity contribution in [3.05, 3.63) is 101 Å². The largest absolute Gasteiger partial charge is 1.00 e. The van der Waals surface area contributed by atoms with Crippen LogP contribution in [-0.2, 0) is 33.2 Å². The zero-order valence-corrected chi connectivity index (χ0v) is 31.0. The van der Waals surface area contributed by atoms with Crippen LogP contribution in [0.25, 0.3) is 5.57 Å². The Morgan fingerprint density at radius 1 is 0.980 bits per heavy atom. The van der Waals surface area contributed by atoms with Crippen molar-refractivity contribution in [1.29, 1.82) is 0 Å². The topological polar surface area (TPSA) is 96.8 Å². The van der Waals surface area contributed by atoms with Crippen molar-refractivity contribution >= 4 is 17.5 Å². The number of carbonyl (C=O) groups is 1. The number of hydrogen-bond donors (Lipinski definition) is 0. The molecule has 0 N–H and O–H groups in total. The smallest absolute Gasteiger partial charge is 0.550 e. The first kappa shape index (κ1) is 41.8. The van der Waals surface area contributed by atoms with Crippen LogP contribution in [-0.4, -0.2) is 48.4 Å². The van der Waals surface area contributed by atoms with Gasteiger partial charge in [-0.1, -0.05) is 44.2 Å². The Balaban J connectivity index is 0.00000702. The summed E-state index contributed by atoms with van der Waals surface area (Å²) in [7, 11) is 1.48. The molecule has 0 saturated carbocycles. The number of rotatable bonds is 15. The maximum Gasteiger partial charge on any atom is 1.00 e. The molecule has 0 spiro atoms. The van der Waals surface area contributed by atoms with Crippen LogP contribution in [0.15, 0.2) is 72.8 Å². The van der Waals surface area contributed by atoms with Crippen molar-refractivity contribution < 1.29 is 80.0 Å². The maximum absolute atomic E-state index is 13.8. The van der Waals surface area contributed by atoms with Crippen LogP contribution in [0.4, 0.5) is 32.3 Å². The number of aromatic nitrogens is 2. The molecule has 1 aliphatic rings. The molecule has 15 heteroatoms. The number of benzene rings is 2. The number of nitrogens with zero attached hydrogens (tertiary/aromatic N) is 3. The molecule has 0 aliphatic heterocycles. The summed E-state index contributed by atoms with van der Waals surface area (Å²) in [6, 6.07) is 9.23. The quantitative estimate of drug-likeness (QED) is 0.130. The van der Waals surface area contributed by atoms with Gasteiger partial charge in [-0.15, -0.1) is 0 Å². The second-order valence-electron chi connectivity index (χ2n) is 12.1. The van der Waals surface area contributed by atoms with E-state index in [0.29, 0.717) is 30.1 Å². The van der Waals surface area contributed by atoms with Gasteiger partial charge in [-0.05, 0) is 72.2 Å². The van der Waals surface area contributed by atoms with Crippen LogP contribution < -0.4 is 44.3 Å². The first-order chi connectivity index (χ1) is 23.5. The minimum Gasteiger partial charge on any atom is -0.550 e. The molecule has 3 aromatic rings. The predicted molar refractivity (Wildman–Crippen MR) is 172 cm³/mol. The summed E-state index contributed by atoms with van der Waals surface area (Å²) in [5.74, 6) is -0.325. The second kappa shape index (κ2) is 17.8. The van der Waals surface area contributed by atoms with E-state index >= 15 is 0 Å². The molecule has 4 rings (SSSR count). The molecule has 0 fully saturated rings. The molecule has 0 amide bonds. The Bertz CT molecular complexity index is 1660. The first-order valence-electron chi connectivity index (χ1n) is 15.9. The maximum atomic E-state index is 13.8. The van der Waals surface area contributed by atoms with E-state index in [1.54, 1.807) is 0 Å². The van der Waals surface area contributed by atoms with E-state index in [1.165, 1.54) is 24.4 Å². The number of hydrogen-bond acceptors (Lipinski definition) is 8. The minimum atomic E-state index is -5.04. The molecule has 0 radical (unpaired) electrons. The number of halogens is 6. The van der Waals surface area contributed by atoms with Gasteiger partial charge in [0.05, 0.1) is 49.0 Å². The third kappa shape index (κ3) is 11.2. The van der Waals surface area contributed by atoms with Gasteiger partial charge in [-0.2, -0.15) is 26.3 Å². The van der Waals surface area contributed by atoms with Crippen LogP contribution in [0.3, 0.4) is 0 Å². The normalized spacial score (nSPS) is 16.2. The van der Waals surface area contributed by atoms with Gasteiger partial charge in [0, 0.05) is 26.0 Å². The van der Waals surface area contributed by atoms with Gasteiger partial charge in [0.25, 0.3) is 0 Å². The summed E-state index contributed by atoms with van der Waals surface area (Å²) in [5.41, 5.74) is -1.84. The van der Waals surface area contributed by atoms with E-state index in [9.17, 15) is 36.2 Å². The Morgan fingerprint density at radius 3 is 2.18 bits per heavy atom. The molecule has 51 heavy (non-hydrogen) atoms. The van der Waals surface area contributed by atoms with E-state index in [1.807, 2.05) is 57.2 Å². The number of carboxylic acids is 1. The van der Waals surface area contributed by atoms with Crippen LogP contribution in [0.1, 0.15) is 73.8 Å². The number of alkyl halides is 6. The van der Waals surface area contributed by atoms with Gasteiger partial charge in [-0.25, -0.2) is 9.97 Å². The fourth-order valence-corrected chi connectivity index (χ4v) is 5.65. The Morgan fingerprint density at radius 2 is 1.63 bits per heavy atom. The number of anilines is 1. The second-order valence-corrected chi connectivity index (χ2v) is 12.1. The summed E-state index contributed by atoms with van der Waals surface area (Å²) in [6.45, 7) is 5.70. The van der Waals surface area contributed by atoms with Crippen molar-refractivity contribution in [1.82, 2.24) is 9.97 Å². The van der Waals surface area contributed by atoms with Crippen LogP contribution >= 0.6 is 0 Å². The average Bonchev–Trinajstić information content (AvgIpc) is 3.06. The zero-order chi connectivity index (χ0) is 36.7. The monoisotopic (exact) mass is 729 g/mol. The van der Waals surface area contributed by atoms with Crippen molar-refractivity contribution in [2.45, 2.75) is 70.4 Å². The summed E-state index contributed by atoms with van der Waals surface area (Å²) < 4.78 is 101. The molecule has 0 saturated heterocycles. The summed E-state index contributed by atoms with van der Waals surface area (Å²) in [6.07, 6.45) is -3.74. The molecule has 1 aromatic heterocycles. The van der Waals surface area contributed by atoms with E-state index in [-0.39, 0.29) is 91.2 Å². The Labute approximate surface area is 314 Å². The third-order valence-electron chi connectivity index (χ3n) is 8.13. The summed E-state index contributed by atoms with van der Waals surface area (Å²) in [4.78, 5) is 20.9. The number of carboxylic acid groups (broad SMARTS) is 1. The van der Waals surface area contributed by atoms with E-state index in [2.05, 4.69) is 9.97 Å². The molecule has 8 nitrogen and oxygen atoms in total. The minimum absolute atomic E-state index is 0. The number of carbonyl (C=O) groups excluding carboxylic acids is 1. The molecule has 1 unspecified atom stereocenters. The zero-order valence-electron chi connectivity index (χ0n) is 29.0. The SMILES string of the molecule is CCOC1=CC=C(c2cccc(C(C)C)c2)C(CN(Cc2cc(C(F)(F)F)cc(C(F)(F)F)c2)c2ncc(OCCCC(=O)[O-])cn2)(OC)C1.[Na+]. The van der Waals surface area contributed by atoms with Crippen LogP contribution in [0.2, 0.25) is 0 Å². The van der Waals surface area contributed by atoms with Gasteiger partial charge in [0.15, 0.2) is 5.75 Å². The van der Waals surface area contributed by atoms with Crippen molar-refractivity contribution in [3.63, 3.8) is 0 Å². The van der Waals surface area contributed by atoms with Crippen molar-refractivity contribution in [3.8, 4) is 5.75 Å². The van der Waals surface area contributed by atoms with Gasteiger partial charge in [-0.3, -0.25) is 0 Å². The van der Waals surface area contributed by atoms with Gasteiger partial charge < -0.3 is 29.0 Å². The van der Waals surface area contributed by atoms with Gasteiger partial charge >= 0.3 is 41.9 Å². The Hall–Kier alpha value is -3.59. The predicted octanol–water partition coefficient (Wildman–Crippen LogP) is 4.35. The average molecular weight is 730 g/mol. The molecular formula is C36H38F6N3NaO5. The number of allylic oxidation sites excluding steroid dienone is 2. The van der Waals surface area contributed by atoms with E-state index < -0.39 is 41.6 Å². The molecule has 1 aliphatic carbocycles. The molecule has 1 atom stereocenters. The third-order valence-corrected chi connectivity index (χ3v) is 8.13. The van der Waals surface area contributed by atoms with E-state index in [0.717, 1.165) is 11.1 Å². The summed E-state index contributed by atoms with van der Waals surface area (Å²) in [5, 5.41) is 10.7. The molecule has 2 aromatic carbocycles. The Kier molecular flexibility index (Phi) is 14.6. The van der Waals surface area contributed by atoms with Crippen molar-refractivity contribution in [2.75, 3.05) is 31.8 Å². The standard InChI is InChI=1S/C36H39F6N3O5.Na/c1-5-49-29-11-12-31(26-9-6-8-25(16-26)23(2)3)34(18-29,48-4)22-45(33-43-19-30(20-44-33)50-13-7-10-32(46)47)21-24-14-27(35(37,38)39)17-28(15-24)36(40,41)42;/h6,8-9,11-12,14-17,19-20,23H,5,7,10,13,18,21-22H2,1-4H3,(H,46,47);/q;+1/p-1. The molecule has 0 bridgehead atoms. The van der Waals surface area contributed by atoms with Crippen LogP contribution in [0.5, 0.6) is 5.75 Å². The number of methoxy groups -OCH3 is 1. The molecular weight excluding hydrogens is 691 g/mol. The van der Waals surface area contributed by atoms with Crippen LogP contribution in [0, 0.1) is 0 Å². The molecule has 1 heterocycles.